The van der Waals surface area contributed by atoms with E-state index in [9.17, 15) is 19.1 Å². The molecule has 1 unspecified atom stereocenters. The molecule has 0 saturated carbocycles. The average molecular weight is 475 g/mol. The quantitative estimate of drug-likeness (QED) is 0.363. The highest BCUT2D eigenvalue weighted by Crippen LogP contribution is 2.24. The zero-order chi connectivity index (χ0) is 24.1. The van der Waals surface area contributed by atoms with E-state index >= 15 is 0 Å². The summed E-state index contributed by atoms with van der Waals surface area (Å²) in [5, 5.41) is 12.1. The van der Waals surface area contributed by atoms with Gasteiger partial charge in [-0.15, -0.1) is 0 Å². The summed E-state index contributed by atoms with van der Waals surface area (Å²) in [6.07, 6.45) is 1.58. The first-order valence-corrected chi connectivity index (χ1v) is 10.9. The Kier molecular flexibility index (Phi) is 6.99. The van der Waals surface area contributed by atoms with Gasteiger partial charge in [0.05, 0.1) is 5.02 Å². The molecule has 3 aromatic carbocycles. The first-order valence-electron chi connectivity index (χ1n) is 10.5. The molecule has 0 spiro atoms. The fraction of sp³-hybridized carbons (Fsp3) is 0.0741. The van der Waals surface area contributed by atoms with Gasteiger partial charge in [-0.1, -0.05) is 78.3 Å². The molecule has 0 aliphatic carbocycles. The van der Waals surface area contributed by atoms with Gasteiger partial charge in [-0.2, -0.15) is 0 Å². The Labute approximate surface area is 200 Å². The molecule has 4 rings (SSSR count). The number of amides is 1. The number of aliphatic carboxylic acids is 1. The van der Waals surface area contributed by atoms with E-state index in [1.165, 1.54) is 24.4 Å². The minimum atomic E-state index is -1.14. The highest BCUT2D eigenvalue weighted by molar-refractivity contribution is 6.31. The summed E-state index contributed by atoms with van der Waals surface area (Å²) >= 11 is 5.82. The monoisotopic (exact) mass is 474 g/mol. The van der Waals surface area contributed by atoms with Gasteiger partial charge in [0, 0.05) is 18.2 Å². The van der Waals surface area contributed by atoms with Crippen LogP contribution in [-0.4, -0.2) is 28.0 Å². The summed E-state index contributed by atoms with van der Waals surface area (Å²) in [5.74, 6) is -2.26. The molecule has 34 heavy (non-hydrogen) atoms. The normalized spacial score (nSPS) is 11.6. The summed E-state index contributed by atoms with van der Waals surface area (Å²) < 4.78 is 13.4. The number of nitrogens with zero attached hydrogens (tertiary/aromatic N) is 1. The molecule has 0 aliphatic heterocycles. The van der Waals surface area contributed by atoms with Gasteiger partial charge < -0.3 is 10.4 Å². The van der Waals surface area contributed by atoms with Crippen molar-refractivity contribution in [2.24, 2.45) is 0 Å². The third-order valence-corrected chi connectivity index (χ3v) is 5.64. The van der Waals surface area contributed by atoms with E-state index in [1.807, 2.05) is 54.6 Å². The molecular weight excluding hydrogens is 455 g/mol. The first kappa shape index (κ1) is 23.1. The van der Waals surface area contributed by atoms with Gasteiger partial charge >= 0.3 is 5.97 Å². The average Bonchev–Trinajstić information content (AvgIpc) is 2.86. The van der Waals surface area contributed by atoms with Crippen LogP contribution in [0.4, 0.5) is 4.39 Å². The predicted molar refractivity (Wildman–Crippen MR) is 129 cm³/mol. The van der Waals surface area contributed by atoms with Crippen molar-refractivity contribution in [3.05, 3.63) is 113 Å². The van der Waals surface area contributed by atoms with Crippen molar-refractivity contribution in [1.82, 2.24) is 10.3 Å². The summed E-state index contributed by atoms with van der Waals surface area (Å²) in [6, 6.07) is 23.7. The minimum Gasteiger partial charge on any atom is -0.480 e. The summed E-state index contributed by atoms with van der Waals surface area (Å²) in [5.41, 5.74) is 4.23. The van der Waals surface area contributed by atoms with Gasteiger partial charge in [-0.05, 0) is 40.5 Å². The minimum absolute atomic E-state index is 0.0135. The highest BCUT2D eigenvalue weighted by Gasteiger charge is 2.22. The number of hydrogen-bond acceptors (Lipinski definition) is 3. The highest BCUT2D eigenvalue weighted by atomic mass is 35.5. The van der Waals surface area contributed by atoms with Crippen molar-refractivity contribution < 1.29 is 19.1 Å². The second-order valence-electron chi connectivity index (χ2n) is 7.69. The molecule has 4 aromatic rings. The third-order valence-electron chi connectivity index (χ3n) is 5.35. The van der Waals surface area contributed by atoms with Gasteiger partial charge in [0.15, 0.2) is 0 Å². The van der Waals surface area contributed by atoms with Crippen LogP contribution in [0.25, 0.3) is 22.3 Å². The SMILES string of the molecule is O=C(NC(Cc1ccc(-c2ccccc2)cc1)C(=O)O)c1ccc(-c2ccc(F)c(Cl)c2)cn1. The molecule has 0 saturated heterocycles. The van der Waals surface area contributed by atoms with Gasteiger partial charge in [-0.25, -0.2) is 9.18 Å². The molecule has 0 aliphatic rings. The molecule has 5 nitrogen and oxygen atoms in total. The van der Waals surface area contributed by atoms with E-state index in [0.29, 0.717) is 11.1 Å². The maximum atomic E-state index is 13.4. The topological polar surface area (TPSA) is 79.3 Å². The number of hydrogen-bond donors (Lipinski definition) is 2. The van der Waals surface area contributed by atoms with Crippen molar-refractivity contribution in [2.45, 2.75) is 12.5 Å². The van der Waals surface area contributed by atoms with Crippen molar-refractivity contribution in [2.75, 3.05) is 0 Å². The largest absolute Gasteiger partial charge is 0.480 e. The van der Waals surface area contributed by atoms with Crippen LogP contribution >= 0.6 is 11.6 Å². The van der Waals surface area contributed by atoms with Crippen molar-refractivity contribution in [3.63, 3.8) is 0 Å². The van der Waals surface area contributed by atoms with E-state index in [1.54, 1.807) is 12.1 Å². The Morgan fingerprint density at radius 1 is 0.882 bits per heavy atom. The van der Waals surface area contributed by atoms with Crippen LogP contribution in [0.1, 0.15) is 16.1 Å². The number of benzene rings is 3. The molecule has 1 heterocycles. The molecule has 0 bridgehead atoms. The van der Waals surface area contributed by atoms with Crippen molar-refractivity contribution in [1.29, 1.82) is 0 Å². The lowest BCUT2D eigenvalue weighted by atomic mass is 10.0. The number of carboxylic acid groups (broad SMARTS) is 1. The third kappa shape index (κ3) is 5.47. The van der Waals surface area contributed by atoms with Crippen LogP contribution < -0.4 is 5.32 Å². The van der Waals surface area contributed by atoms with E-state index < -0.39 is 23.7 Å². The van der Waals surface area contributed by atoms with Crippen LogP contribution in [0.5, 0.6) is 0 Å². The van der Waals surface area contributed by atoms with Gasteiger partial charge in [0.1, 0.15) is 17.6 Å². The smallest absolute Gasteiger partial charge is 0.326 e. The Hall–Kier alpha value is -4.03. The molecule has 0 fully saturated rings. The van der Waals surface area contributed by atoms with E-state index in [-0.39, 0.29) is 17.1 Å². The predicted octanol–water partition coefficient (Wildman–Crippen LogP) is 5.63. The molecule has 1 aromatic heterocycles. The van der Waals surface area contributed by atoms with Gasteiger partial charge in [0.2, 0.25) is 0 Å². The van der Waals surface area contributed by atoms with Crippen LogP contribution in [0.15, 0.2) is 91.1 Å². The van der Waals surface area contributed by atoms with Crippen LogP contribution in [-0.2, 0) is 11.2 Å². The van der Waals surface area contributed by atoms with Crippen LogP contribution in [0.3, 0.4) is 0 Å². The van der Waals surface area contributed by atoms with Crippen LogP contribution in [0, 0.1) is 5.82 Å². The number of rotatable bonds is 7. The maximum Gasteiger partial charge on any atom is 0.326 e. The van der Waals surface area contributed by atoms with Gasteiger partial charge in [-0.3, -0.25) is 9.78 Å². The van der Waals surface area contributed by atoms with Gasteiger partial charge in [0.25, 0.3) is 5.91 Å². The molecule has 1 atom stereocenters. The standard InChI is InChI=1S/C27H20ClFN2O3/c28-22-15-20(10-12-23(22)29)21-11-13-24(30-16-21)26(32)31-25(27(33)34)14-17-6-8-19(9-7-17)18-4-2-1-3-5-18/h1-13,15-16,25H,14H2,(H,31,32)(H,33,34). The molecule has 2 N–H and O–H groups in total. The molecule has 0 radical (unpaired) electrons. The summed E-state index contributed by atoms with van der Waals surface area (Å²) in [7, 11) is 0. The lowest BCUT2D eigenvalue weighted by Crippen LogP contribution is -2.42. The fourth-order valence-electron chi connectivity index (χ4n) is 3.51. The summed E-state index contributed by atoms with van der Waals surface area (Å²) in [4.78, 5) is 28.5. The second-order valence-corrected chi connectivity index (χ2v) is 8.10. The number of aromatic nitrogens is 1. The molecule has 7 heteroatoms. The molecular formula is C27H20ClFN2O3. The number of halogens is 2. The zero-order valence-corrected chi connectivity index (χ0v) is 18.7. The Balaban J connectivity index is 1.43. The fourth-order valence-corrected chi connectivity index (χ4v) is 3.69. The lowest BCUT2D eigenvalue weighted by Gasteiger charge is -2.15. The maximum absolute atomic E-state index is 13.4. The molecule has 1 amide bonds. The number of carboxylic acids is 1. The lowest BCUT2D eigenvalue weighted by molar-refractivity contribution is -0.139. The molecule has 170 valence electrons. The second kappa shape index (κ2) is 10.3. The number of nitrogens with one attached hydrogen (secondary N) is 1. The van der Waals surface area contributed by atoms with E-state index in [0.717, 1.165) is 16.7 Å². The number of carbonyl (C=O) groups is 2. The Morgan fingerprint density at radius 3 is 2.15 bits per heavy atom. The Morgan fingerprint density at radius 2 is 1.53 bits per heavy atom. The van der Waals surface area contributed by atoms with E-state index in [2.05, 4.69) is 10.3 Å². The number of pyridine rings is 1. The van der Waals surface area contributed by atoms with Crippen LogP contribution in [0.2, 0.25) is 5.02 Å². The Bertz CT molecular complexity index is 1310. The summed E-state index contributed by atoms with van der Waals surface area (Å²) in [6.45, 7) is 0. The van der Waals surface area contributed by atoms with Crippen molar-refractivity contribution in [3.8, 4) is 22.3 Å². The van der Waals surface area contributed by atoms with Crippen molar-refractivity contribution >= 4 is 23.5 Å². The van der Waals surface area contributed by atoms with E-state index in [4.69, 9.17) is 11.6 Å². The first-order chi connectivity index (χ1) is 16.4. The zero-order valence-electron chi connectivity index (χ0n) is 17.9. The number of carbonyl (C=O) groups excluding carboxylic acids is 1.